The van der Waals surface area contributed by atoms with Crippen molar-refractivity contribution in [3.8, 4) is 0 Å². The summed E-state index contributed by atoms with van der Waals surface area (Å²) in [5.41, 5.74) is 1.31. The molecular weight excluding hydrogens is 334 g/mol. The molecule has 0 radical (unpaired) electrons. The van der Waals surface area contributed by atoms with Crippen LogP contribution in [0.4, 0.5) is 0 Å². The molecule has 0 spiro atoms. The van der Waals surface area contributed by atoms with Crippen LogP contribution in [0.15, 0.2) is 40.1 Å². The molecule has 0 saturated heterocycles. The third-order valence-corrected chi connectivity index (χ3v) is 4.85. The molecule has 1 aromatic heterocycles. The summed E-state index contributed by atoms with van der Waals surface area (Å²) < 4.78 is 27.1. The number of aliphatic hydroxyl groups excluding tert-OH is 1. The second kappa shape index (κ2) is 5.83. The topological polar surface area (TPSA) is 95.1 Å². The van der Waals surface area contributed by atoms with E-state index in [0.29, 0.717) is 15.7 Å². The fraction of sp³-hybridized carbons (Fsp3) is 0.182. The standard InChI is InChI=1S/C11H12BrN3O3S/c12-10-3-8(6-16)1-2-11(10)19(17,18)15-5-9-4-13-7-14-9/h1-4,7,15-16H,5-6H2,(H,13,14). The molecule has 6 nitrogen and oxygen atoms in total. The van der Waals surface area contributed by atoms with Crippen molar-refractivity contribution >= 4 is 26.0 Å². The van der Waals surface area contributed by atoms with E-state index in [9.17, 15) is 8.42 Å². The van der Waals surface area contributed by atoms with Gasteiger partial charge in [-0.15, -0.1) is 0 Å². The molecular formula is C11H12BrN3O3S. The van der Waals surface area contributed by atoms with Gasteiger partial charge in [0, 0.05) is 16.4 Å². The van der Waals surface area contributed by atoms with Crippen LogP contribution in [-0.2, 0) is 23.2 Å². The van der Waals surface area contributed by atoms with Gasteiger partial charge in [-0.1, -0.05) is 6.07 Å². The first kappa shape index (κ1) is 14.2. The van der Waals surface area contributed by atoms with Crippen LogP contribution in [0.1, 0.15) is 11.3 Å². The van der Waals surface area contributed by atoms with E-state index in [4.69, 9.17) is 5.11 Å². The third-order valence-electron chi connectivity index (χ3n) is 2.48. The normalized spacial score (nSPS) is 11.7. The molecule has 1 heterocycles. The Morgan fingerprint density at radius 2 is 2.21 bits per heavy atom. The fourth-order valence-electron chi connectivity index (χ4n) is 1.49. The van der Waals surface area contributed by atoms with Gasteiger partial charge in [-0.2, -0.15) is 0 Å². The molecule has 2 rings (SSSR count). The lowest BCUT2D eigenvalue weighted by molar-refractivity contribution is 0.281. The highest BCUT2D eigenvalue weighted by atomic mass is 79.9. The molecule has 102 valence electrons. The van der Waals surface area contributed by atoms with Crippen molar-refractivity contribution in [1.82, 2.24) is 14.7 Å². The van der Waals surface area contributed by atoms with Crippen LogP contribution >= 0.6 is 15.9 Å². The zero-order valence-corrected chi connectivity index (χ0v) is 12.2. The van der Waals surface area contributed by atoms with Gasteiger partial charge in [0.15, 0.2) is 0 Å². The summed E-state index contributed by atoms with van der Waals surface area (Å²) in [5, 5.41) is 8.99. The van der Waals surface area contributed by atoms with Gasteiger partial charge in [-0.25, -0.2) is 18.1 Å². The number of H-pyrrole nitrogens is 1. The van der Waals surface area contributed by atoms with E-state index >= 15 is 0 Å². The molecule has 0 aliphatic rings. The molecule has 3 N–H and O–H groups in total. The van der Waals surface area contributed by atoms with Gasteiger partial charge in [0.05, 0.1) is 24.4 Å². The van der Waals surface area contributed by atoms with Gasteiger partial charge in [-0.3, -0.25) is 0 Å². The van der Waals surface area contributed by atoms with Crippen molar-refractivity contribution in [2.45, 2.75) is 18.0 Å². The van der Waals surface area contributed by atoms with Gasteiger partial charge >= 0.3 is 0 Å². The van der Waals surface area contributed by atoms with Crippen LogP contribution in [0.3, 0.4) is 0 Å². The number of aromatic nitrogens is 2. The van der Waals surface area contributed by atoms with E-state index in [1.165, 1.54) is 12.4 Å². The zero-order valence-electron chi connectivity index (χ0n) is 9.80. The number of halogens is 1. The number of hydrogen-bond acceptors (Lipinski definition) is 4. The number of imidazole rings is 1. The molecule has 1 aromatic carbocycles. The Labute approximate surface area is 119 Å². The highest BCUT2D eigenvalue weighted by Crippen LogP contribution is 2.23. The van der Waals surface area contributed by atoms with Crippen LogP contribution in [0.25, 0.3) is 0 Å². The predicted octanol–water partition coefficient (Wildman–Crippen LogP) is 1.14. The van der Waals surface area contributed by atoms with Crippen LogP contribution in [0.2, 0.25) is 0 Å². The number of rotatable bonds is 5. The summed E-state index contributed by atoms with van der Waals surface area (Å²) in [6.07, 6.45) is 3.03. The Hall–Kier alpha value is -1.22. The van der Waals surface area contributed by atoms with Crippen molar-refractivity contribution in [3.05, 3.63) is 46.5 Å². The maximum Gasteiger partial charge on any atom is 0.242 e. The van der Waals surface area contributed by atoms with Crippen LogP contribution in [-0.4, -0.2) is 23.5 Å². The quantitative estimate of drug-likeness (QED) is 0.757. The van der Waals surface area contributed by atoms with Crippen molar-refractivity contribution in [3.63, 3.8) is 0 Å². The minimum atomic E-state index is -3.62. The first-order chi connectivity index (χ1) is 9.03. The van der Waals surface area contributed by atoms with Gasteiger partial charge in [0.1, 0.15) is 0 Å². The Balaban J connectivity index is 2.19. The number of aromatic amines is 1. The summed E-state index contributed by atoms with van der Waals surface area (Å²) in [7, 11) is -3.62. The number of sulfonamides is 1. The lowest BCUT2D eigenvalue weighted by Gasteiger charge is -2.08. The third kappa shape index (κ3) is 3.41. The molecule has 0 fully saturated rings. The number of benzene rings is 1. The number of hydrogen-bond donors (Lipinski definition) is 3. The largest absolute Gasteiger partial charge is 0.392 e. The van der Waals surface area contributed by atoms with E-state index in [1.807, 2.05) is 0 Å². The van der Waals surface area contributed by atoms with Gasteiger partial charge in [0.25, 0.3) is 0 Å². The second-order valence-corrected chi connectivity index (χ2v) is 6.41. The summed E-state index contributed by atoms with van der Waals surface area (Å²) >= 11 is 3.19. The van der Waals surface area contributed by atoms with Crippen molar-refractivity contribution < 1.29 is 13.5 Å². The Bertz CT molecular complexity index is 656. The summed E-state index contributed by atoms with van der Waals surface area (Å²) in [6.45, 7) is -0.00295. The highest BCUT2D eigenvalue weighted by molar-refractivity contribution is 9.10. The molecule has 19 heavy (non-hydrogen) atoms. The first-order valence-electron chi connectivity index (χ1n) is 5.39. The summed E-state index contributed by atoms with van der Waals surface area (Å²) in [6, 6.07) is 4.59. The van der Waals surface area contributed by atoms with E-state index in [2.05, 4.69) is 30.6 Å². The van der Waals surface area contributed by atoms with Crippen LogP contribution in [0.5, 0.6) is 0 Å². The minimum Gasteiger partial charge on any atom is -0.392 e. The fourth-order valence-corrected chi connectivity index (χ4v) is 3.62. The van der Waals surface area contributed by atoms with Gasteiger partial charge in [-0.05, 0) is 33.6 Å². The van der Waals surface area contributed by atoms with Crippen molar-refractivity contribution in [1.29, 1.82) is 0 Å². The van der Waals surface area contributed by atoms with Crippen LogP contribution < -0.4 is 4.72 Å². The molecule has 0 saturated carbocycles. The Morgan fingerprint density at radius 3 is 2.79 bits per heavy atom. The van der Waals surface area contributed by atoms with Crippen molar-refractivity contribution in [2.24, 2.45) is 0 Å². The molecule has 0 bridgehead atoms. The molecule has 2 aromatic rings. The average molecular weight is 346 g/mol. The number of nitrogens with zero attached hydrogens (tertiary/aromatic N) is 1. The first-order valence-corrected chi connectivity index (χ1v) is 7.67. The molecule has 0 aliphatic carbocycles. The monoisotopic (exact) mass is 345 g/mol. The lowest BCUT2D eigenvalue weighted by atomic mass is 10.2. The predicted molar refractivity (Wildman–Crippen MR) is 72.7 cm³/mol. The van der Waals surface area contributed by atoms with Gasteiger partial charge < -0.3 is 10.1 Å². The van der Waals surface area contributed by atoms with Gasteiger partial charge in [0.2, 0.25) is 10.0 Å². The number of aliphatic hydroxyl groups is 1. The SMILES string of the molecule is O=S(=O)(NCc1cnc[nH]1)c1ccc(CO)cc1Br. The molecule has 0 aliphatic heterocycles. The smallest absolute Gasteiger partial charge is 0.242 e. The molecule has 0 amide bonds. The summed E-state index contributed by atoms with van der Waals surface area (Å²) in [4.78, 5) is 6.75. The lowest BCUT2D eigenvalue weighted by Crippen LogP contribution is -2.23. The molecule has 0 unspecified atom stereocenters. The Kier molecular flexibility index (Phi) is 4.35. The van der Waals surface area contributed by atoms with Crippen LogP contribution in [0, 0.1) is 0 Å². The van der Waals surface area contributed by atoms with E-state index in [1.54, 1.807) is 18.3 Å². The van der Waals surface area contributed by atoms with Crippen molar-refractivity contribution in [2.75, 3.05) is 0 Å². The minimum absolute atomic E-state index is 0.129. The zero-order chi connectivity index (χ0) is 13.9. The molecule has 8 heteroatoms. The maximum absolute atomic E-state index is 12.1. The van der Waals surface area contributed by atoms with E-state index < -0.39 is 10.0 Å². The molecule has 0 atom stereocenters. The van der Waals surface area contributed by atoms with E-state index in [0.717, 1.165) is 0 Å². The Morgan fingerprint density at radius 1 is 1.42 bits per heavy atom. The maximum atomic E-state index is 12.1. The highest BCUT2D eigenvalue weighted by Gasteiger charge is 2.17. The number of nitrogens with one attached hydrogen (secondary N) is 2. The summed E-state index contributed by atoms with van der Waals surface area (Å²) in [5.74, 6) is 0. The average Bonchev–Trinajstić information content (AvgIpc) is 2.89. The van der Waals surface area contributed by atoms with E-state index in [-0.39, 0.29) is 18.0 Å². The second-order valence-electron chi connectivity index (χ2n) is 3.82.